The Labute approximate surface area is 517 Å². The molecule has 0 bridgehead atoms. The predicted octanol–water partition coefficient (Wildman–Crippen LogP) is 23.2. The van der Waals surface area contributed by atoms with E-state index in [-0.39, 0.29) is 19.1 Å². The molecule has 0 aromatic heterocycles. The Morgan fingerprint density at radius 3 is 1.06 bits per heavy atom. The Bertz CT molecular complexity index is 1540. The van der Waals surface area contributed by atoms with Crippen molar-refractivity contribution in [2.45, 2.75) is 366 Å². The lowest BCUT2D eigenvalue weighted by Gasteiger charge is -2.25. The molecule has 3 atom stereocenters. The highest BCUT2D eigenvalue weighted by molar-refractivity contribution is 7.47. The summed E-state index contributed by atoms with van der Waals surface area (Å²) in [5, 5.41) is 14.0. The molecular weight excluding hydrogens is 1040 g/mol. The number of phosphoric acid groups is 1. The number of likely N-dealkylation sites (N-methyl/N-ethyl adjacent to an activating group) is 1. The molecule has 0 fully saturated rings. The Morgan fingerprint density at radius 1 is 0.422 bits per heavy atom. The maximum absolute atomic E-state index is 13.0. The quantitative estimate of drug-likeness (QED) is 0.0243. The van der Waals surface area contributed by atoms with Crippen LogP contribution >= 0.6 is 7.82 Å². The molecule has 488 valence electrons. The van der Waals surface area contributed by atoms with E-state index >= 15 is 0 Å². The number of hydrogen-bond acceptors (Lipinski definition) is 5. The van der Waals surface area contributed by atoms with E-state index in [2.05, 4.69) is 67.8 Å². The number of carbonyl (C=O) groups is 1. The largest absolute Gasteiger partial charge is 0.472 e. The molecule has 0 saturated heterocycles. The highest BCUT2D eigenvalue weighted by Gasteiger charge is 2.28. The molecule has 0 radical (unpaired) electrons. The summed E-state index contributed by atoms with van der Waals surface area (Å²) in [7, 11) is 1.59. The van der Waals surface area contributed by atoms with Gasteiger partial charge in [-0.25, -0.2) is 4.57 Å². The van der Waals surface area contributed by atoms with Crippen LogP contribution < -0.4 is 5.32 Å². The number of nitrogens with one attached hydrogen (secondary N) is 1. The number of rotatable bonds is 67. The molecule has 0 aromatic carbocycles. The van der Waals surface area contributed by atoms with E-state index in [1.165, 1.54) is 270 Å². The van der Waals surface area contributed by atoms with E-state index in [1.54, 1.807) is 6.08 Å². The second kappa shape index (κ2) is 64.7. The molecule has 0 spiro atoms. The van der Waals surface area contributed by atoms with Crippen LogP contribution in [0.15, 0.2) is 60.8 Å². The fourth-order valence-corrected chi connectivity index (χ4v) is 11.7. The maximum Gasteiger partial charge on any atom is 0.472 e. The van der Waals surface area contributed by atoms with Crippen molar-refractivity contribution in [1.29, 1.82) is 0 Å². The molecule has 0 aliphatic carbocycles. The molecule has 3 unspecified atom stereocenters. The van der Waals surface area contributed by atoms with Crippen molar-refractivity contribution in [2.24, 2.45) is 0 Å². The first kappa shape index (κ1) is 81.2. The van der Waals surface area contributed by atoms with Crippen LogP contribution in [0, 0.1) is 0 Å². The Hall–Kier alpha value is -1.80. The van der Waals surface area contributed by atoms with Crippen molar-refractivity contribution < 1.29 is 32.9 Å². The van der Waals surface area contributed by atoms with Gasteiger partial charge < -0.3 is 19.8 Å². The summed E-state index contributed by atoms with van der Waals surface area (Å²) in [6.45, 7) is 4.75. The third kappa shape index (κ3) is 67.6. The molecule has 83 heavy (non-hydrogen) atoms. The van der Waals surface area contributed by atoms with Gasteiger partial charge in [0.1, 0.15) is 13.2 Å². The predicted molar refractivity (Wildman–Crippen MR) is 364 cm³/mol. The zero-order chi connectivity index (χ0) is 60.5. The third-order valence-electron chi connectivity index (χ3n) is 16.5. The second-order valence-electron chi connectivity index (χ2n) is 25.9. The second-order valence-corrected chi connectivity index (χ2v) is 27.4. The van der Waals surface area contributed by atoms with E-state index in [1.807, 2.05) is 27.2 Å². The average molecular weight is 1190 g/mol. The highest BCUT2D eigenvalue weighted by atomic mass is 31.2. The van der Waals surface area contributed by atoms with Gasteiger partial charge in [0.25, 0.3) is 0 Å². The lowest BCUT2D eigenvalue weighted by atomic mass is 10.0. The highest BCUT2D eigenvalue weighted by Crippen LogP contribution is 2.43. The van der Waals surface area contributed by atoms with Gasteiger partial charge in [0.2, 0.25) is 5.91 Å². The fourth-order valence-electron chi connectivity index (χ4n) is 10.9. The minimum atomic E-state index is -4.35. The van der Waals surface area contributed by atoms with Gasteiger partial charge in [0.15, 0.2) is 0 Å². The molecule has 0 aliphatic heterocycles. The van der Waals surface area contributed by atoms with E-state index in [0.717, 1.165) is 64.2 Å². The van der Waals surface area contributed by atoms with Crippen molar-refractivity contribution in [3.63, 3.8) is 0 Å². The van der Waals surface area contributed by atoms with Crippen LogP contribution in [0.5, 0.6) is 0 Å². The van der Waals surface area contributed by atoms with Gasteiger partial charge in [0.05, 0.1) is 39.9 Å². The molecule has 8 nitrogen and oxygen atoms in total. The average Bonchev–Trinajstić information content (AvgIpc) is 3.49. The van der Waals surface area contributed by atoms with Gasteiger partial charge in [-0.1, -0.05) is 351 Å². The number of aliphatic hydroxyl groups is 1. The number of amides is 1. The summed E-state index contributed by atoms with van der Waals surface area (Å²) in [5.41, 5.74) is 0. The van der Waals surface area contributed by atoms with E-state index < -0.39 is 20.0 Å². The summed E-state index contributed by atoms with van der Waals surface area (Å²) in [4.78, 5) is 23.4. The van der Waals surface area contributed by atoms with Crippen molar-refractivity contribution in [3.05, 3.63) is 60.8 Å². The molecular formula is C74H142N2O6P+. The molecule has 0 rings (SSSR count). The van der Waals surface area contributed by atoms with Gasteiger partial charge in [-0.05, 0) is 57.8 Å². The van der Waals surface area contributed by atoms with Gasteiger partial charge in [0, 0.05) is 6.42 Å². The van der Waals surface area contributed by atoms with Gasteiger partial charge in [-0.2, -0.15) is 0 Å². The maximum atomic E-state index is 13.0. The fraction of sp³-hybridized carbons (Fsp3) is 0.851. The Kier molecular flexibility index (Phi) is 63.3. The summed E-state index contributed by atoms with van der Waals surface area (Å²) in [6.07, 6.45) is 89.6. The topological polar surface area (TPSA) is 105 Å². The first-order valence-corrected chi connectivity index (χ1v) is 37.7. The van der Waals surface area contributed by atoms with Crippen molar-refractivity contribution in [1.82, 2.24) is 5.32 Å². The zero-order valence-electron chi connectivity index (χ0n) is 55.9. The van der Waals surface area contributed by atoms with Gasteiger partial charge in [-0.15, -0.1) is 0 Å². The first-order chi connectivity index (χ1) is 40.5. The number of phosphoric ester groups is 1. The van der Waals surface area contributed by atoms with Crippen molar-refractivity contribution in [3.8, 4) is 0 Å². The molecule has 1 amide bonds. The van der Waals surface area contributed by atoms with E-state index in [0.29, 0.717) is 17.4 Å². The minimum Gasteiger partial charge on any atom is -0.387 e. The van der Waals surface area contributed by atoms with Crippen LogP contribution in [-0.2, 0) is 18.4 Å². The number of quaternary nitrogens is 1. The smallest absolute Gasteiger partial charge is 0.387 e. The van der Waals surface area contributed by atoms with E-state index in [9.17, 15) is 19.4 Å². The van der Waals surface area contributed by atoms with Gasteiger partial charge in [-0.3, -0.25) is 13.8 Å². The number of hydrogen-bond donors (Lipinski definition) is 3. The standard InChI is InChI=1S/C74H141N2O6P/c1-6-8-10-12-14-16-18-20-22-24-26-28-29-30-31-32-33-34-35-36-37-38-39-40-41-42-43-44-45-46-47-48-50-52-54-56-58-60-62-64-66-68-74(78)75-72(71-82-83(79,80)81-70-69-76(3,4)5)73(77)67-65-63-61-59-57-55-53-51-49-27-25-23-21-19-17-15-13-11-9-7-2/h8,10,14,16,20,22,26,28,65,67,72-73,77H,6-7,9,11-13,15,17-19,21,23-25,27,29-64,66,68-71H2,1-5H3,(H-,75,78,79,80)/p+1/b10-8-,16-14-,22-20-,28-26-,67-65+. The van der Waals surface area contributed by atoms with Crippen LogP contribution in [0.2, 0.25) is 0 Å². The number of unbranched alkanes of at least 4 members (excludes halogenated alkanes) is 46. The Morgan fingerprint density at radius 2 is 0.723 bits per heavy atom. The molecule has 3 N–H and O–H groups in total. The first-order valence-electron chi connectivity index (χ1n) is 36.2. The number of allylic oxidation sites excluding steroid dienone is 9. The van der Waals surface area contributed by atoms with E-state index in [4.69, 9.17) is 9.05 Å². The molecule has 9 heteroatoms. The van der Waals surface area contributed by atoms with Crippen molar-refractivity contribution >= 4 is 13.7 Å². The summed E-state index contributed by atoms with van der Waals surface area (Å²) in [6, 6.07) is -0.846. The van der Waals surface area contributed by atoms with Crippen LogP contribution in [0.25, 0.3) is 0 Å². The zero-order valence-corrected chi connectivity index (χ0v) is 56.8. The lowest BCUT2D eigenvalue weighted by molar-refractivity contribution is -0.870. The monoisotopic (exact) mass is 1190 g/mol. The number of aliphatic hydroxyl groups excluding tert-OH is 1. The third-order valence-corrected chi connectivity index (χ3v) is 17.5. The lowest BCUT2D eigenvalue weighted by Crippen LogP contribution is -2.45. The van der Waals surface area contributed by atoms with Crippen molar-refractivity contribution in [2.75, 3.05) is 40.9 Å². The van der Waals surface area contributed by atoms with Gasteiger partial charge >= 0.3 is 7.82 Å². The summed E-state index contributed by atoms with van der Waals surface area (Å²) < 4.78 is 23.8. The summed E-state index contributed by atoms with van der Waals surface area (Å²) >= 11 is 0. The minimum absolute atomic E-state index is 0.0633. The van der Waals surface area contributed by atoms with Crippen LogP contribution in [0.3, 0.4) is 0 Å². The number of nitrogens with zero attached hydrogens (tertiary/aromatic N) is 1. The molecule has 0 aliphatic rings. The Balaban J connectivity index is 3.90. The number of carbonyl (C=O) groups excluding carboxylic acids is 1. The summed E-state index contributed by atoms with van der Waals surface area (Å²) in [5.74, 6) is -0.170. The van der Waals surface area contributed by atoms with Crippen LogP contribution in [0.4, 0.5) is 0 Å². The van der Waals surface area contributed by atoms with Crippen LogP contribution in [-0.4, -0.2) is 73.4 Å². The van der Waals surface area contributed by atoms with Crippen LogP contribution in [0.1, 0.15) is 354 Å². The SMILES string of the molecule is CC/C=C\C/C=C\C/C=C\C/C=C\CCCCCCCCCCCCCCCCCCCCCCCCCCCCCCC(=O)NC(COP(=O)(O)OCC[N+](C)(C)C)C(O)/C=C/CCCCCCCCCCCCCCCCCCCC. The normalized spacial score (nSPS) is 14.0. The molecule has 0 aromatic rings. The molecule has 0 heterocycles. The molecule has 0 saturated carbocycles.